The average molecular weight is 340 g/mol. The van der Waals surface area contributed by atoms with E-state index in [1.54, 1.807) is 0 Å². The second kappa shape index (κ2) is 7.17. The number of urea groups is 1. The summed E-state index contributed by atoms with van der Waals surface area (Å²) in [6, 6.07) is 1.05. The van der Waals surface area contributed by atoms with Crippen molar-refractivity contribution in [3.8, 4) is 0 Å². The number of halogens is 3. The maximum atomic E-state index is 11.6. The van der Waals surface area contributed by atoms with Crippen molar-refractivity contribution in [2.75, 3.05) is 25.2 Å². The molecular weight excluding hydrogens is 327 g/mol. The third kappa shape index (κ3) is 4.28. The largest absolute Gasteiger partial charge is 0.381 e. The minimum absolute atomic E-state index is 0.101. The molecule has 1 aliphatic rings. The van der Waals surface area contributed by atoms with Gasteiger partial charge in [0, 0.05) is 19.1 Å². The van der Waals surface area contributed by atoms with Crippen molar-refractivity contribution < 1.29 is 9.53 Å². The van der Waals surface area contributed by atoms with Gasteiger partial charge in [-0.25, -0.2) is 9.78 Å². The van der Waals surface area contributed by atoms with Crippen LogP contribution < -0.4 is 16.2 Å². The summed E-state index contributed by atoms with van der Waals surface area (Å²) < 4.78 is 5.22. The predicted molar refractivity (Wildman–Crippen MR) is 78.4 cm³/mol. The third-order valence-electron chi connectivity index (χ3n) is 2.76. The first-order valence-corrected chi connectivity index (χ1v) is 7.09. The second-order valence-electron chi connectivity index (χ2n) is 4.28. The molecule has 1 fully saturated rings. The van der Waals surface area contributed by atoms with Gasteiger partial charge < -0.3 is 10.1 Å². The number of nitrogens with one attached hydrogen (secondary N) is 3. The van der Waals surface area contributed by atoms with E-state index in [-0.39, 0.29) is 27.0 Å². The molecule has 0 bridgehead atoms. The number of anilines is 1. The zero-order chi connectivity index (χ0) is 14.5. The summed E-state index contributed by atoms with van der Waals surface area (Å²) in [5.74, 6) is 0.577. The fourth-order valence-corrected chi connectivity index (χ4v) is 2.22. The van der Waals surface area contributed by atoms with Crippen molar-refractivity contribution in [1.29, 1.82) is 0 Å². The van der Waals surface area contributed by atoms with Gasteiger partial charge in [-0.3, -0.25) is 10.9 Å². The van der Waals surface area contributed by atoms with Crippen LogP contribution in [0.3, 0.4) is 0 Å². The molecule has 0 aromatic carbocycles. The molecule has 0 radical (unpaired) electrons. The first-order chi connectivity index (χ1) is 9.56. The van der Waals surface area contributed by atoms with E-state index >= 15 is 0 Å². The fraction of sp³-hybridized carbons (Fsp3) is 0.455. The number of pyridine rings is 1. The van der Waals surface area contributed by atoms with Crippen LogP contribution in [0.1, 0.15) is 6.42 Å². The number of amides is 2. The molecule has 0 saturated carbocycles. The van der Waals surface area contributed by atoms with Crippen molar-refractivity contribution in [1.82, 2.24) is 15.7 Å². The molecule has 2 amide bonds. The highest BCUT2D eigenvalue weighted by atomic mass is 35.5. The lowest BCUT2D eigenvalue weighted by Gasteiger charge is -2.12. The summed E-state index contributed by atoms with van der Waals surface area (Å²) in [6.45, 7) is 1.97. The molecule has 1 atom stereocenters. The Morgan fingerprint density at radius 2 is 2.20 bits per heavy atom. The molecule has 1 aromatic rings. The molecule has 9 heteroatoms. The summed E-state index contributed by atoms with van der Waals surface area (Å²) in [5, 5.41) is 3.32. The molecule has 0 aliphatic carbocycles. The Bertz CT molecular complexity index is 495. The van der Waals surface area contributed by atoms with Crippen LogP contribution in [0, 0.1) is 5.92 Å². The molecule has 0 spiro atoms. The molecule has 0 unspecified atom stereocenters. The van der Waals surface area contributed by atoms with Gasteiger partial charge in [-0.05, 0) is 12.5 Å². The van der Waals surface area contributed by atoms with Crippen LogP contribution in [0.2, 0.25) is 15.2 Å². The molecular formula is C11H13Cl3N4O2. The standard InChI is InChI=1S/C11H13Cl3N4O2/c12-7-3-8(13)10(16-9(7)14)17-18-11(19)15-4-6-1-2-20-5-6/h3,6H,1-2,4-5H2,(H,16,17)(H2,15,18,19)/t6-/m0/s1. The normalized spacial score (nSPS) is 17.9. The van der Waals surface area contributed by atoms with Gasteiger partial charge in [0.2, 0.25) is 0 Å². The fourth-order valence-electron chi connectivity index (χ4n) is 1.67. The van der Waals surface area contributed by atoms with E-state index in [9.17, 15) is 4.79 Å². The van der Waals surface area contributed by atoms with Crippen LogP contribution in [0.15, 0.2) is 6.07 Å². The smallest absolute Gasteiger partial charge is 0.333 e. The number of carbonyl (C=O) groups is 1. The van der Waals surface area contributed by atoms with Gasteiger partial charge in [-0.1, -0.05) is 34.8 Å². The molecule has 1 saturated heterocycles. The van der Waals surface area contributed by atoms with Gasteiger partial charge >= 0.3 is 6.03 Å². The van der Waals surface area contributed by atoms with Crippen molar-refractivity contribution in [2.45, 2.75) is 6.42 Å². The van der Waals surface area contributed by atoms with Crippen LogP contribution in [-0.4, -0.2) is 30.8 Å². The number of hydrazine groups is 1. The van der Waals surface area contributed by atoms with Crippen LogP contribution in [0.4, 0.5) is 10.6 Å². The van der Waals surface area contributed by atoms with E-state index in [0.717, 1.165) is 13.0 Å². The Labute approximate surface area is 131 Å². The summed E-state index contributed by atoms with van der Waals surface area (Å²) in [6.07, 6.45) is 0.952. The topological polar surface area (TPSA) is 75.3 Å². The van der Waals surface area contributed by atoms with E-state index in [2.05, 4.69) is 21.2 Å². The minimum Gasteiger partial charge on any atom is -0.381 e. The number of ether oxygens (including phenoxy) is 1. The van der Waals surface area contributed by atoms with Crippen LogP contribution in [-0.2, 0) is 4.74 Å². The summed E-state index contributed by atoms with van der Waals surface area (Å²) >= 11 is 17.4. The number of rotatable bonds is 4. The minimum atomic E-state index is -0.388. The Balaban J connectivity index is 1.79. The van der Waals surface area contributed by atoms with Gasteiger partial charge in [-0.2, -0.15) is 0 Å². The van der Waals surface area contributed by atoms with Crippen molar-refractivity contribution in [2.24, 2.45) is 5.92 Å². The maximum Gasteiger partial charge on any atom is 0.333 e. The Morgan fingerprint density at radius 1 is 1.40 bits per heavy atom. The van der Waals surface area contributed by atoms with Gasteiger partial charge in [-0.15, -0.1) is 0 Å². The number of carbonyl (C=O) groups excluding carboxylic acids is 1. The Hall–Kier alpha value is -0.950. The van der Waals surface area contributed by atoms with Crippen LogP contribution >= 0.6 is 34.8 Å². The van der Waals surface area contributed by atoms with E-state index in [1.807, 2.05) is 0 Å². The number of hydrogen-bond acceptors (Lipinski definition) is 4. The number of aromatic nitrogens is 1. The van der Waals surface area contributed by atoms with E-state index in [0.29, 0.717) is 19.1 Å². The molecule has 20 heavy (non-hydrogen) atoms. The molecule has 2 heterocycles. The maximum absolute atomic E-state index is 11.6. The lowest BCUT2D eigenvalue weighted by Crippen LogP contribution is -2.41. The third-order valence-corrected chi connectivity index (χ3v) is 3.72. The SMILES string of the molecule is O=C(NC[C@@H]1CCOC1)NNc1nc(Cl)c(Cl)cc1Cl. The Morgan fingerprint density at radius 3 is 2.90 bits per heavy atom. The van der Waals surface area contributed by atoms with E-state index in [4.69, 9.17) is 39.5 Å². The zero-order valence-corrected chi connectivity index (χ0v) is 12.6. The summed E-state index contributed by atoms with van der Waals surface area (Å²) in [7, 11) is 0. The van der Waals surface area contributed by atoms with Gasteiger partial charge in [0.1, 0.15) is 5.15 Å². The first kappa shape index (κ1) is 15.4. The van der Waals surface area contributed by atoms with Crippen LogP contribution in [0.5, 0.6) is 0 Å². The molecule has 6 nitrogen and oxygen atoms in total. The molecule has 1 aromatic heterocycles. The number of hydrogen-bond donors (Lipinski definition) is 3. The molecule has 110 valence electrons. The average Bonchev–Trinajstić information content (AvgIpc) is 2.92. The van der Waals surface area contributed by atoms with Crippen molar-refractivity contribution >= 4 is 46.7 Å². The number of nitrogens with zero attached hydrogens (tertiary/aromatic N) is 1. The molecule has 2 rings (SSSR count). The van der Waals surface area contributed by atoms with Gasteiger partial charge in [0.05, 0.1) is 16.7 Å². The van der Waals surface area contributed by atoms with Crippen molar-refractivity contribution in [3.63, 3.8) is 0 Å². The lowest BCUT2D eigenvalue weighted by atomic mass is 10.1. The predicted octanol–water partition coefficient (Wildman–Crippen LogP) is 2.70. The highest BCUT2D eigenvalue weighted by Gasteiger charge is 2.16. The van der Waals surface area contributed by atoms with Crippen molar-refractivity contribution in [3.05, 3.63) is 21.3 Å². The molecule has 3 N–H and O–H groups in total. The Kier molecular flexibility index (Phi) is 5.54. The quantitative estimate of drug-likeness (QED) is 0.582. The first-order valence-electron chi connectivity index (χ1n) is 5.95. The monoisotopic (exact) mass is 338 g/mol. The lowest BCUT2D eigenvalue weighted by molar-refractivity contribution is 0.185. The summed E-state index contributed by atoms with van der Waals surface area (Å²) in [5.41, 5.74) is 5.00. The second-order valence-corrected chi connectivity index (χ2v) is 5.45. The summed E-state index contributed by atoms with van der Waals surface area (Å²) in [4.78, 5) is 15.5. The zero-order valence-electron chi connectivity index (χ0n) is 10.4. The molecule has 1 aliphatic heterocycles. The highest BCUT2D eigenvalue weighted by molar-refractivity contribution is 6.42. The van der Waals surface area contributed by atoms with E-state index in [1.165, 1.54) is 6.07 Å². The highest BCUT2D eigenvalue weighted by Crippen LogP contribution is 2.28. The van der Waals surface area contributed by atoms with Crippen LogP contribution in [0.25, 0.3) is 0 Å². The van der Waals surface area contributed by atoms with Gasteiger partial charge in [0.15, 0.2) is 5.82 Å². The van der Waals surface area contributed by atoms with E-state index < -0.39 is 0 Å². The van der Waals surface area contributed by atoms with Gasteiger partial charge in [0.25, 0.3) is 0 Å².